The summed E-state index contributed by atoms with van der Waals surface area (Å²) < 4.78 is 6.23. The van der Waals surface area contributed by atoms with E-state index in [2.05, 4.69) is 44.3 Å². The van der Waals surface area contributed by atoms with E-state index in [1.807, 2.05) is 0 Å². The van der Waals surface area contributed by atoms with Gasteiger partial charge in [0.1, 0.15) is 0 Å². The van der Waals surface area contributed by atoms with Gasteiger partial charge in [0.2, 0.25) is 0 Å². The van der Waals surface area contributed by atoms with Gasteiger partial charge >= 0.3 is 0 Å². The second-order valence-electron chi connectivity index (χ2n) is 6.46. The van der Waals surface area contributed by atoms with Crippen LogP contribution in [0.5, 0.6) is 0 Å². The summed E-state index contributed by atoms with van der Waals surface area (Å²) in [5.41, 5.74) is 4.09. The second kappa shape index (κ2) is 8.55. The molecule has 1 aliphatic rings. The van der Waals surface area contributed by atoms with Crippen molar-refractivity contribution in [3.05, 3.63) is 34.9 Å². The van der Waals surface area contributed by atoms with Crippen molar-refractivity contribution >= 4 is 0 Å². The summed E-state index contributed by atoms with van der Waals surface area (Å²) in [6, 6.07) is 7.06. The van der Waals surface area contributed by atoms with Crippen LogP contribution in [-0.4, -0.2) is 19.3 Å². The van der Waals surface area contributed by atoms with Gasteiger partial charge in [-0.3, -0.25) is 0 Å². The molecule has 1 aromatic carbocycles. The van der Waals surface area contributed by atoms with Gasteiger partial charge in [-0.15, -0.1) is 0 Å². The van der Waals surface area contributed by atoms with E-state index in [4.69, 9.17) is 4.74 Å². The zero-order valence-corrected chi connectivity index (χ0v) is 14.0. The van der Waals surface area contributed by atoms with Gasteiger partial charge in [-0.1, -0.05) is 49.9 Å². The molecule has 1 fully saturated rings. The summed E-state index contributed by atoms with van der Waals surface area (Å²) in [5, 5.41) is 3.67. The molecule has 0 radical (unpaired) electrons. The molecule has 1 unspecified atom stereocenters. The number of nitrogens with one attached hydrogen (secondary N) is 1. The Morgan fingerprint density at radius 2 is 1.95 bits per heavy atom. The molecular weight excluding hydrogens is 258 g/mol. The Labute approximate surface area is 130 Å². The third-order valence-electron chi connectivity index (χ3n) is 4.50. The van der Waals surface area contributed by atoms with Crippen LogP contribution in [0.15, 0.2) is 18.2 Å². The first-order valence-corrected chi connectivity index (χ1v) is 8.63. The molecular formula is C19H31NO. The normalized spacial score (nSPS) is 17.9. The molecule has 1 saturated carbocycles. The molecule has 0 saturated heterocycles. The third-order valence-corrected chi connectivity index (χ3v) is 4.50. The molecule has 118 valence electrons. The van der Waals surface area contributed by atoms with Gasteiger partial charge < -0.3 is 10.1 Å². The molecule has 2 rings (SSSR count). The lowest BCUT2D eigenvalue weighted by atomic mass is 9.97. The van der Waals surface area contributed by atoms with E-state index in [0.717, 1.165) is 19.6 Å². The molecule has 2 nitrogen and oxygen atoms in total. The Bertz CT molecular complexity index is 424. The van der Waals surface area contributed by atoms with Gasteiger partial charge in [0, 0.05) is 0 Å². The van der Waals surface area contributed by atoms with E-state index in [-0.39, 0.29) is 0 Å². The molecule has 0 bridgehead atoms. The van der Waals surface area contributed by atoms with Crippen molar-refractivity contribution in [1.82, 2.24) is 5.32 Å². The highest BCUT2D eigenvalue weighted by molar-refractivity contribution is 5.33. The molecule has 1 aliphatic carbocycles. The lowest BCUT2D eigenvalue weighted by Gasteiger charge is -2.27. The molecule has 0 heterocycles. The third kappa shape index (κ3) is 5.12. The predicted octanol–water partition coefficient (Wildman–Crippen LogP) is 4.69. The molecule has 1 aromatic rings. The quantitative estimate of drug-likeness (QED) is 0.786. The van der Waals surface area contributed by atoms with Crippen LogP contribution in [0.3, 0.4) is 0 Å². The van der Waals surface area contributed by atoms with Crippen molar-refractivity contribution in [3.63, 3.8) is 0 Å². The van der Waals surface area contributed by atoms with Crippen molar-refractivity contribution in [2.45, 2.75) is 71.4 Å². The lowest BCUT2D eigenvalue weighted by molar-refractivity contribution is 0.0155. The summed E-state index contributed by atoms with van der Waals surface area (Å²) in [4.78, 5) is 0. The minimum absolute atomic E-state index is 0.326. The smallest absolute Gasteiger partial charge is 0.0665 e. The fourth-order valence-corrected chi connectivity index (χ4v) is 3.18. The SMILES string of the molecule is CCCNC(COC1CCCCC1)c1cc(C)ccc1C. The first-order chi connectivity index (χ1) is 10.2. The summed E-state index contributed by atoms with van der Waals surface area (Å²) in [5.74, 6) is 0. The van der Waals surface area contributed by atoms with E-state index < -0.39 is 0 Å². The highest BCUT2D eigenvalue weighted by Crippen LogP contribution is 2.24. The zero-order chi connectivity index (χ0) is 15.1. The highest BCUT2D eigenvalue weighted by Gasteiger charge is 2.18. The molecule has 0 spiro atoms. The van der Waals surface area contributed by atoms with Gasteiger partial charge in [0.25, 0.3) is 0 Å². The van der Waals surface area contributed by atoms with Gasteiger partial charge in [0.15, 0.2) is 0 Å². The van der Waals surface area contributed by atoms with Crippen molar-refractivity contribution in [2.24, 2.45) is 0 Å². The summed E-state index contributed by atoms with van der Waals surface area (Å²) >= 11 is 0. The maximum atomic E-state index is 6.23. The lowest BCUT2D eigenvalue weighted by Crippen LogP contribution is -2.29. The van der Waals surface area contributed by atoms with Gasteiger partial charge in [-0.05, 0) is 50.8 Å². The Balaban J connectivity index is 2.00. The Morgan fingerprint density at radius 3 is 2.67 bits per heavy atom. The predicted molar refractivity (Wildman–Crippen MR) is 89.8 cm³/mol. The summed E-state index contributed by atoms with van der Waals surface area (Å²) in [6.45, 7) is 8.44. The van der Waals surface area contributed by atoms with Crippen molar-refractivity contribution < 1.29 is 4.74 Å². The molecule has 2 heteroatoms. The summed E-state index contributed by atoms with van der Waals surface area (Å²) in [6.07, 6.45) is 8.18. The number of aryl methyl sites for hydroxylation is 2. The first-order valence-electron chi connectivity index (χ1n) is 8.63. The van der Waals surface area contributed by atoms with Crippen LogP contribution in [0.25, 0.3) is 0 Å². The standard InChI is InChI=1S/C19H31NO/c1-4-12-20-19(14-21-17-8-6-5-7-9-17)18-13-15(2)10-11-16(18)3/h10-11,13,17,19-20H,4-9,12,14H2,1-3H3. The largest absolute Gasteiger partial charge is 0.376 e. The highest BCUT2D eigenvalue weighted by atomic mass is 16.5. The second-order valence-corrected chi connectivity index (χ2v) is 6.46. The van der Waals surface area contributed by atoms with Crippen LogP contribution >= 0.6 is 0 Å². The molecule has 1 atom stereocenters. The number of benzene rings is 1. The molecule has 21 heavy (non-hydrogen) atoms. The molecule has 1 N–H and O–H groups in total. The van der Waals surface area contributed by atoms with E-state index >= 15 is 0 Å². The maximum absolute atomic E-state index is 6.23. The molecule has 0 aliphatic heterocycles. The maximum Gasteiger partial charge on any atom is 0.0665 e. The summed E-state index contributed by atoms with van der Waals surface area (Å²) in [7, 11) is 0. The van der Waals surface area contributed by atoms with Crippen LogP contribution in [0, 0.1) is 13.8 Å². The Kier molecular flexibility index (Phi) is 6.72. The van der Waals surface area contributed by atoms with Crippen LogP contribution < -0.4 is 5.32 Å². The number of hydrogen-bond donors (Lipinski definition) is 1. The van der Waals surface area contributed by atoms with Crippen LogP contribution in [-0.2, 0) is 4.74 Å². The Morgan fingerprint density at radius 1 is 1.19 bits per heavy atom. The number of ether oxygens (including phenoxy) is 1. The van der Waals surface area contributed by atoms with Crippen LogP contribution in [0.1, 0.15) is 68.2 Å². The minimum Gasteiger partial charge on any atom is -0.376 e. The van der Waals surface area contributed by atoms with Crippen molar-refractivity contribution in [2.75, 3.05) is 13.2 Å². The first kappa shape index (κ1) is 16.5. The average molecular weight is 289 g/mol. The van der Waals surface area contributed by atoms with Crippen molar-refractivity contribution in [3.8, 4) is 0 Å². The van der Waals surface area contributed by atoms with Crippen LogP contribution in [0.2, 0.25) is 0 Å². The minimum atomic E-state index is 0.326. The Hall–Kier alpha value is -0.860. The van der Waals surface area contributed by atoms with E-state index in [1.54, 1.807) is 0 Å². The van der Waals surface area contributed by atoms with Gasteiger partial charge in [0.05, 0.1) is 18.8 Å². The fraction of sp³-hybridized carbons (Fsp3) is 0.684. The van der Waals surface area contributed by atoms with E-state index in [9.17, 15) is 0 Å². The van der Waals surface area contributed by atoms with E-state index in [0.29, 0.717) is 12.1 Å². The monoisotopic (exact) mass is 289 g/mol. The molecule has 0 amide bonds. The topological polar surface area (TPSA) is 21.3 Å². The number of hydrogen-bond acceptors (Lipinski definition) is 2. The zero-order valence-electron chi connectivity index (χ0n) is 14.0. The van der Waals surface area contributed by atoms with Crippen molar-refractivity contribution in [1.29, 1.82) is 0 Å². The average Bonchev–Trinajstić information content (AvgIpc) is 2.51. The van der Waals surface area contributed by atoms with E-state index in [1.165, 1.54) is 48.8 Å². The van der Waals surface area contributed by atoms with Gasteiger partial charge in [-0.2, -0.15) is 0 Å². The van der Waals surface area contributed by atoms with Gasteiger partial charge in [-0.25, -0.2) is 0 Å². The molecule has 0 aromatic heterocycles. The number of rotatable bonds is 7. The fourth-order valence-electron chi connectivity index (χ4n) is 3.18. The van der Waals surface area contributed by atoms with Crippen LogP contribution in [0.4, 0.5) is 0 Å².